The van der Waals surface area contributed by atoms with Gasteiger partial charge in [0.2, 0.25) is 11.8 Å². The zero-order valence-electron chi connectivity index (χ0n) is 17.0. The zero-order valence-corrected chi connectivity index (χ0v) is 17.0. The van der Waals surface area contributed by atoms with Crippen molar-refractivity contribution in [2.24, 2.45) is 5.92 Å². The van der Waals surface area contributed by atoms with Crippen molar-refractivity contribution >= 4 is 17.5 Å². The Kier molecular flexibility index (Phi) is 5.79. The molecule has 0 N–H and O–H groups in total. The molecule has 0 saturated carbocycles. The van der Waals surface area contributed by atoms with Gasteiger partial charge in [0.25, 0.3) is 0 Å². The molecule has 156 valence electrons. The molecule has 6 nitrogen and oxygen atoms in total. The highest BCUT2D eigenvalue weighted by atomic mass is 19.1. The molecule has 1 aliphatic heterocycles. The maximum Gasteiger partial charge on any atom is 0.227 e. The van der Waals surface area contributed by atoms with Gasteiger partial charge in [-0.25, -0.2) is 9.37 Å². The molecule has 0 unspecified atom stereocenters. The lowest BCUT2D eigenvalue weighted by molar-refractivity contribution is -0.142. The van der Waals surface area contributed by atoms with Gasteiger partial charge in [-0.05, 0) is 42.7 Å². The Balaban J connectivity index is 1.37. The van der Waals surface area contributed by atoms with Gasteiger partial charge in [0.1, 0.15) is 11.5 Å². The Labute approximate surface area is 174 Å². The van der Waals surface area contributed by atoms with E-state index in [4.69, 9.17) is 0 Å². The largest absolute Gasteiger partial charge is 0.342 e. The number of likely N-dealkylation sites (tertiary alicyclic amines) is 1. The minimum absolute atomic E-state index is 0.0316. The van der Waals surface area contributed by atoms with Crippen molar-refractivity contribution in [1.29, 1.82) is 0 Å². The van der Waals surface area contributed by atoms with E-state index < -0.39 is 0 Å². The van der Waals surface area contributed by atoms with Crippen LogP contribution in [0.15, 0.2) is 54.9 Å². The fraction of sp³-hybridized carbons (Fsp3) is 0.348. The summed E-state index contributed by atoms with van der Waals surface area (Å²) in [4.78, 5) is 33.2. The van der Waals surface area contributed by atoms with Crippen LogP contribution in [0.5, 0.6) is 0 Å². The van der Waals surface area contributed by atoms with Crippen molar-refractivity contribution in [3.05, 3.63) is 71.9 Å². The van der Waals surface area contributed by atoms with Crippen molar-refractivity contribution in [1.82, 2.24) is 19.2 Å². The van der Waals surface area contributed by atoms with Crippen molar-refractivity contribution in [2.75, 3.05) is 20.1 Å². The molecular weight excluding hydrogens is 383 g/mol. The predicted molar refractivity (Wildman–Crippen MR) is 111 cm³/mol. The first kappa shape index (κ1) is 20.1. The van der Waals surface area contributed by atoms with E-state index in [1.807, 2.05) is 34.9 Å². The first-order chi connectivity index (χ1) is 14.5. The van der Waals surface area contributed by atoms with E-state index in [0.29, 0.717) is 38.9 Å². The van der Waals surface area contributed by atoms with E-state index in [1.54, 1.807) is 29.1 Å². The molecule has 1 fully saturated rings. The summed E-state index contributed by atoms with van der Waals surface area (Å²) in [6, 6.07) is 12.2. The quantitative estimate of drug-likeness (QED) is 0.630. The second kappa shape index (κ2) is 8.65. The molecule has 0 aliphatic carbocycles. The monoisotopic (exact) mass is 408 g/mol. The molecule has 0 bridgehead atoms. The summed E-state index contributed by atoms with van der Waals surface area (Å²) in [5.41, 5.74) is 2.64. The van der Waals surface area contributed by atoms with Gasteiger partial charge in [0.15, 0.2) is 0 Å². The first-order valence-electron chi connectivity index (χ1n) is 10.2. The molecule has 4 rings (SSSR count). The molecule has 1 atom stereocenters. The highest BCUT2D eigenvalue weighted by molar-refractivity contribution is 5.83. The molecular formula is C23H25FN4O2. The maximum absolute atomic E-state index is 13.4. The van der Waals surface area contributed by atoms with E-state index >= 15 is 0 Å². The van der Waals surface area contributed by atoms with Gasteiger partial charge in [-0.3, -0.25) is 9.59 Å². The van der Waals surface area contributed by atoms with Gasteiger partial charge < -0.3 is 14.2 Å². The summed E-state index contributed by atoms with van der Waals surface area (Å²) < 4.78 is 15.4. The number of fused-ring (bicyclic) bond motifs is 1. The standard InChI is InChI=1S/C23H25FN4O2/c1-26(16-20-14-25-21-7-2-3-11-28(20)21)23(30)18-8-9-22(29)27(15-18)12-10-17-5-4-6-19(24)13-17/h2-7,11,13-14,18H,8-10,12,15-16H2,1H3/t18-/m0/s1. The average molecular weight is 408 g/mol. The van der Waals surface area contributed by atoms with Gasteiger partial charge in [-0.1, -0.05) is 18.2 Å². The van der Waals surface area contributed by atoms with E-state index in [9.17, 15) is 14.0 Å². The third-order valence-corrected chi connectivity index (χ3v) is 5.68. The van der Waals surface area contributed by atoms with Crippen molar-refractivity contribution in [2.45, 2.75) is 25.8 Å². The molecule has 1 saturated heterocycles. The molecule has 7 heteroatoms. The van der Waals surface area contributed by atoms with Gasteiger partial charge in [0, 0.05) is 32.8 Å². The Morgan fingerprint density at radius 2 is 2.13 bits per heavy atom. The minimum Gasteiger partial charge on any atom is -0.342 e. The normalized spacial score (nSPS) is 16.8. The lowest BCUT2D eigenvalue weighted by Gasteiger charge is -2.34. The van der Waals surface area contributed by atoms with Gasteiger partial charge >= 0.3 is 0 Å². The number of piperidine rings is 1. The second-order valence-electron chi connectivity index (χ2n) is 7.83. The lowest BCUT2D eigenvalue weighted by Crippen LogP contribution is -2.46. The predicted octanol–water partition coefficient (Wildman–Crippen LogP) is 2.91. The molecule has 1 aliphatic rings. The molecule has 1 aromatic carbocycles. The second-order valence-corrected chi connectivity index (χ2v) is 7.83. The number of halogens is 1. The van der Waals surface area contributed by atoms with Crippen molar-refractivity contribution < 1.29 is 14.0 Å². The van der Waals surface area contributed by atoms with Gasteiger partial charge in [0.05, 0.1) is 24.4 Å². The number of rotatable bonds is 6. The molecule has 0 spiro atoms. The van der Waals surface area contributed by atoms with E-state index in [2.05, 4.69) is 4.98 Å². The number of hydrogen-bond acceptors (Lipinski definition) is 3. The summed E-state index contributed by atoms with van der Waals surface area (Å²) in [5, 5.41) is 0. The molecule has 3 aromatic rings. The zero-order chi connectivity index (χ0) is 21.1. The summed E-state index contributed by atoms with van der Waals surface area (Å²) in [6.45, 7) is 1.35. The topological polar surface area (TPSA) is 57.9 Å². The third kappa shape index (κ3) is 4.35. The number of amides is 2. The van der Waals surface area contributed by atoms with Crippen LogP contribution in [0.4, 0.5) is 4.39 Å². The van der Waals surface area contributed by atoms with Crippen molar-refractivity contribution in [3.63, 3.8) is 0 Å². The molecule has 30 heavy (non-hydrogen) atoms. The van der Waals surface area contributed by atoms with Crippen LogP contribution in [0.1, 0.15) is 24.1 Å². The first-order valence-corrected chi connectivity index (χ1v) is 10.2. The smallest absolute Gasteiger partial charge is 0.227 e. The van der Waals surface area contributed by atoms with E-state index in [1.165, 1.54) is 12.1 Å². The Morgan fingerprint density at radius 1 is 1.27 bits per heavy atom. The fourth-order valence-electron chi connectivity index (χ4n) is 4.02. The fourth-order valence-corrected chi connectivity index (χ4v) is 4.02. The molecule has 2 aromatic heterocycles. The van der Waals surface area contributed by atoms with Crippen LogP contribution >= 0.6 is 0 Å². The number of imidazole rings is 1. The highest BCUT2D eigenvalue weighted by Gasteiger charge is 2.31. The van der Waals surface area contributed by atoms with Crippen LogP contribution < -0.4 is 0 Å². The SMILES string of the molecule is CN(Cc1cnc2ccccn12)C(=O)[C@H]1CCC(=O)N(CCc2cccc(F)c2)C1. The Morgan fingerprint density at radius 3 is 2.97 bits per heavy atom. The van der Waals surface area contributed by atoms with Crippen LogP contribution in [0.2, 0.25) is 0 Å². The number of nitrogens with zero attached hydrogens (tertiary/aromatic N) is 4. The summed E-state index contributed by atoms with van der Waals surface area (Å²) in [6.07, 6.45) is 5.22. The van der Waals surface area contributed by atoms with Crippen LogP contribution in [-0.4, -0.2) is 51.1 Å². The van der Waals surface area contributed by atoms with Crippen LogP contribution in [0, 0.1) is 11.7 Å². The number of carbonyl (C=O) groups is 2. The lowest BCUT2D eigenvalue weighted by atomic mass is 9.95. The summed E-state index contributed by atoms with van der Waals surface area (Å²) >= 11 is 0. The number of benzene rings is 1. The van der Waals surface area contributed by atoms with E-state index in [-0.39, 0.29) is 23.5 Å². The average Bonchev–Trinajstić information content (AvgIpc) is 3.15. The number of hydrogen-bond donors (Lipinski definition) is 0. The van der Waals surface area contributed by atoms with Crippen LogP contribution in [0.25, 0.3) is 5.65 Å². The summed E-state index contributed by atoms with van der Waals surface area (Å²) in [5.74, 6) is -0.414. The number of pyridine rings is 1. The molecule has 0 radical (unpaired) electrons. The van der Waals surface area contributed by atoms with Crippen LogP contribution in [0.3, 0.4) is 0 Å². The maximum atomic E-state index is 13.4. The van der Waals surface area contributed by atoms with Crippen LogP contribution in [-0.2, 0) is 22.6 Å². The van der Waals surface area contributed by atoms with Crippen molar-refractivity contribution in [3.8, 4) is 0 Å². The molecule has 2 amide bonds. The van der Waals surface area contributed by atoms with Gasteiger partial charge in [-0.2, -0.15) is 0 Å². The minimum atomic E-state index is -0.278. The highest BCUT2D eigenvalue weighted by Crippen LogP contribution is 2.21. The number of aromatic nitrogens is 2. The third-order valence-electron chi connectivity index (χ3n) is 5.68. The Hall–Kier alpha value is -3.22. The molecule has 3 heterocycles. The Bertz CT molecular complexity index is 1060. The van der Waals surface area contributed by atoms with Gasteiger partial charge in [-0.15, -0.1) is 0 Å². The summed E-state index contributed by atoms with van der Waals surface area (Å²) in [7, 11) is 1.79. The number of carbonyl (C=O) groups excluding carboxylic acids is 2. The van der Waals surface area contributed by atoms with E-state index in [0.717, 1.165) is 16.9 Å².